The minimum atomic E-state index is -0.201. The van der Waals surface area contributed by atoms with Crippen LogP contribution in [-0.4, -0.2) is 0 Å². The summed E-state index contributed by atoms with van der Waals surface area (Å²) in [6, 6.07) is 21.4. The van der Waals surface area contributed by atoms with Crippen LogP contribution >= 0.6 is 11.8 Å². The molecule has 3 aromatic rings. The molecule has 0 N–H and O–H groups in total. The van der Waals surface area contributed by atoms with Gasteiger partial charge in [0.05, 0.1) is 0 Å². The number of hydrogen-bond donors (Lipinski definition) is 0. The zero-order chi connectivity index (χ0) is 15.5. The molecule has 0 spiro atoms. The van der Waals surface area contributed by atoms with Gasteiger partial charge in [0.2, 0.25) is 0 Å². The summed E-state index contributed by atoms with van der Waals surface area (Å²) in [5.41, 5.74) is 4.97. The molecule has 0 heterocycles. The van der Waals surface area contributed by atoms with E-state index >= 15 is 0 Å². The van der Waals surface area contributed by atoms with Gasteiger partial charge >= 0.3 is 0 Å². The molecule has 0 nitrogen and oxygen atoms in total. The second kappa shape index (κ2) is 6.37. The fourth-order valence-electron chi connectivity index (χ4n) is 2.50. The van der Waals surface area contributed by atoms with Gasteiger partial charge in [-0.15, -0.1) is 0 Å². The maximum Gasteiger partial charge on any atom is 0.123 e. The highest BCUT2D eigenvalue weighted by Gasteiger charge is 2.11. The van der Waals surface area contributed by atoms with Gasteiger partial charge in [0.25, 0.3) is 0 Å². The van der Waals surface area contributed by atoms with Crippen LogP contribution in [0.25, 0.3) is 11.1 Å². The standard InChI is InChI=1S/C20H17FS/c1-14-6-3-4-8-18(14)19-9-5-7-15(2)20(19)22-17-12-10-16(21)11-13-17/h3-13H,1-2H3. The summed E-state index contributed by atoms with van der Waals surface area (Å²) in [5, 5.41) is 0. The van der Waals surface area contributed by atoms with Crippen LogP contribution in [0.1, 0.15) is 11.1 Å². The number of benzene rings is 3. The summed E-state index contributed by atoms with van der Waals surface area (Å²) < 4.78 is 13.1. The maximum absolute atomic E-state index is 13.1. The predicted molar refractivity (Wildman–Crippen MR) is 91.9 cm³/mol. The number of hydrogen-bond acceptors (Lipinski definition) is 1. The van der Waals surface area contributed by atoms with Crippen molar-refractivity contribution in [3.05, 3.63) is 83.7 Å². The van der Waals surface area contributed by atoms with Crippen molar-refractivity contribution in [3.8, 4) is 11.1 Å². The first kappa shape index (κ1) is 14.9. The van der Waals surface area contributed by atoms with Gasteiger partial charge < -0.3 is 0 Å². The molecule has 0 aliphatic heterocycles. The minimum Gasteiger partial charge on any atom is -0.207 e. The van der Waals surface area contributed by atoms with E-state index in [1.807, 2.05) is 12.1 Å². The lowest BCUT2D eigenvalue weighted by molar-refractivity contribution is 0.626. The molecular formula is C20H17FS. The van der Waals surface area contributed by atoms with E-state index < -0.39 is 0 Å². The van der Waals surface area contributed by atoms with Crippen molar-refractivity contribution in [3.63, 3.8) is 0 Å². The van der Waals surface area contributed by atoms with Crippen LogP contribution in [0, 0.1) is 19.7 Å². The van der Waals surface area contributed by atoms with Crippen molar-refractivity contribution in [2.75, 3.05) is 0 Å². The van der Waals surface area contributed by atoms with Gasteiger partial charge in [0.15, 0.2) is 0 Å². The molecule has 3 rings (SSSR count). The average molecular weight is 308 g/mol. The van der Waals surface area contributed by atoms with Crippen molar-refractivity contribution >= 4 is 11.8 Å². The normalized spacial score (nSPS) is 10.7. The third-order valence-corrected chi connectivity index (χ3v) is 4.93. The van der Waals surface area contributed by atoms with Crippen LogP contribution in [-0.2, 0) is 0 Å². The highest BCUT2D eigenvalue weighted by Crippen LogP contribution is 2.39. The first-order valence-electron chi connectivity index (χ1n) is 7.24. The Balaban J connectivity index is 2.07. The molecule has 0 unspecified atom stereocenters. The molecule has 0 fully saturated rings. The monoisotopic (exact) mass is 308 g/mol. The van der Waals surface area contributed by atoms with E-state index in [2.05, 4.69) is 56.3 Å². The SMILES string of the molecule is Cc1ccccc1-c1cccc(C)c1Sc1ccc(F)cc1. The Bertz CT molecular complexity index is 791. The van der Waals surface area contributed by atoms with Crippen LogP contribution in [0.5, 0.6) is 0 Å². The topological polar surface area (TPSA) is 0 Å². The molecule has 0 radical (unpaired) electrons. The Hall–Kier alpha value is -2.06. The van der Waals surface area contributed by atoms with Crippen molar-refractivity contribution in [1.82, 2.24) is 0 Å². The second-order valence-electron chi connectivity index (χ2n) is 5.32. The highest BCUT2D eigenvalue weighted by atomic mass is 32.2. The van der Waals surface area contributed by atoms with Gasteiger partial charge in [-0.2, -0.15) is 0 Å². The van der Waals surface area contributed by atoms with Crippen LogP contribution in [0.3, 0.4) is 0 Å². The largest absolute Gasteiger partial charge is 0.207 e. The van der Waals surface area contributed by atoms with E-state index in [-0.39, 0.29) is 5.82 Å². The minimum absolute atomic E-state index is 0.201. The van der Waals surface area contributed by atoms with E-state index in [0.717, 1.165) is 4.90 Å². The lowest BCUT2D eigenvalue weighted by atomic mass is 9.99. The molecule has 0 aromatic heterocycles. The second-order valence-corrected chi connectivity index (χ2v) is 6.41. The molecule has 0 bridgehead atoms. The van der Waals surface area contributed by atoms with Crippen molar-refractivity contribution in [1.29, 1.82) is 0 Å². The van der Waals surface area contributed by atoms with Gasteiger partial charge in [-0.05, 0) is 60.4 Å². The molecule has 2 heteroatoms. The van der Waals surface area contributed by atoms with Gasteiger partial charge in [0, 0.05) is 9.79 Å². The van der Waals surface area contributed by atoms with Gasteiger partial charge in [-0.1, -0.05) is 54.2 Å². The lowest BCUT2D eigenvalue weighted by Crippen LogP contribution is -1.89. The zero-order valence-corrected chi connectivity index (χ0v) is 13.5. The van der Waals surface area contributed by atoms with E-state index in [4.69, 9.17) is 0 Å². The first-order chi connectivity index (χ1) is 10.6. The summed E-state index contributed by atoms with van der Waals surface area (Å²) in [4.78, 5) is 2.27. The Morgan fingerprint density at radius 1 is 0.682 bits per heavy atom. The van der Waals surface area contributed by atoms with Crippen LogP contribution in [0.2, 0.25) is 0 Å². The maximum atomic E-state index is 13.1. The number of rotatable bonds is 3. The molecule has 0 saturated carbocycles. The Kier molecular flexibility index (Phi) is 4.30. The van der Waals surface area contributed by atoms with Crippen LogP contribution < -0.4 is 0 Å². The summed E-state index contributed by atoms with van der Waals surface area (Å²) in [6.07, 6.45) is 0. The van der Waals surface area contributed by atoms with E-state index in [1.165, 1.54) is 39.3 Å². The Morgan fingerprint density at radius 3 is 2.05 bits per heavy atom. The quantitative estimate of drug-likeness (QED) is 0.550. The van der Waals surface area contributed by atoms with Crippen molar-refractivity contribution in [2.45, 2.75) is 23.6 Å². The summed E-state index contributed by atoms with van der Waals surface area (Å²) in [7, 11) is 0. The molecule has 22 heavy (non-hydrogen) atoms. The Morgan fingerprint density at radius 2 is 1.32 bits per heavy atom. The predicted octanol–water partition coefficient (Wildman–Crippen LogP) is 6.26. The number of halogens is 1. The van der Waals surface area contributed by atoms with Crippen LogP contribution in [0.4, 0.5) is 4.39 Å². The average Bonchev–Trinajstić information content (AvgIpc) is 2.52. The third kappa shape index (κ3) is 3.07. The molecule has 110 valence electrons. The third-order valence-electron chi connectivity index (χ3n) is 3.68. The molecule has 0 atom stereocenters. The molecule has 3 aromatic carbocycles. The highest BCUT2D eigenvalue weighted by molar-refractivity contribution is 7.99. The van der Waals surface area contributed by atoms with E-state index in [1.54, 1.807) is 11.8 Å². The Labute approximate surface area is 135 Å². The summed E-state index contributed by atoms with van der Waals surface area (Å²) >= 11 is 1.69. The van der Waals surface area contributed by atoms with E-state index in [0.29, 0.717) is 0 Å². The van der Waals surface area contributed by atoms with E-state index in [9.17, 15) is 4.39 Å². The fourth-order valence-corrected chi connectivity index (χ4v) is 3.52. The molecule has 0 aliphatic carbocycles. The summed E-state index contributed by atoms with van der Waals surface area (Å²) in [6.45, 7) is 4.25. The van der Waals surface area contributed by atoms with Gasteiger partial charge in [-0.25, -0.2) is 4.39 Å². The van der Waals surface area contributed by atoms with Gasteiger partial charge in [0.1, 0.15) is 5.82 Å². The zero-order valence-electron chi connectivity index (χ0n) is 12.6. The van der Waals surface area contributed by atoms with Crippen molar-refractivity contribution in [2.24, 2.45) is 0 Å². The van der Waals surface area contributed by atoms with Gasteiger partial charge in [-0.3, -0.25) is 0 Å². The van der Waals surface area contributed by atoms with Crippen molar-refractivity contribution < 1.29 is 4.39 Å². The smallest absolute Gasteiger partial charge is 0.123 e. The fraction of sp³-hybridized carbons (Fsp3) is 0.100. The molecule has 0 amide bonds. The first-order valence-corrected chi connectivity index (χ1v) is 8.06. The molecule has 0 aliphatic rings. The van der Waals surface area contributed by atoms with Crippen LogP contribution in [0.15, 0.2) is 76.5 Å². The molecule has 0 saturated heterocycles. The summed E-state index contributed by atoms with van der Waals surface area (Å²) in [5.74, 6) is -0.201. The molecular weight excluding hydrogens is 291 g/mol. The number of aryl methyl sites for hydroxylation is 2. The lowest BCUT2D eigenvalue weighted by Gasteiger charge is -2.14.